The van der Waals surface area contributed by atoms with Crippen LogP contribution in [-0.2, 0) is 11.8 Å². The Balaban J connectivity index is 1.51. The van der Waals surface area contributed by atoms with E-state index in [2.05, 4.69) is 9.47 Å². The van der Waals surface area contributed by atoms with Crippen LogP contribution in [-0.4, -0.2) is 58.8 Å². The quantitative estimate of drug-likeness (QED) is 0.788. The van der Waals surface area contributed by atoms with Crippen LogP contribution in [0.25, 0.3) is 0 Å². The minimum Gasteiger partial charge on any atom is -0.351 e. The number of carbonyl (C=O) groups excluding carboxylic acids is 2. The van der Waals surface area contributed by atoms with Gasteiger partial charge in [0.2, 0.25) is 5.91 Å². The first-order chi connectivity index (χ1) is 12.0. The minimum atomic E-state index is 0.188. The molecule has 0 atom stereocenters. The van der Waals surface area contributed by atoms with Crippen molar-refractivity contribution in [1.82, 2.24) is 14.4 Å². The monoisotopic (exact) mass is 345 g/mol. The maximum atomic E-state index is 12.6. The number of hydrogen-bond acceptors (Lipinski definition) is 3. The largest absolute Gasteiger partial charge is 0.351 e. The number of hydrogen-bond donors (Lipinski definition) is 0. The molecule has 0 unspecified atom stereocenters. The van der Waals surface area contributed by atoms with Crippen LogP contribution in [0.2, 0.25) is 0 Å². The molecule has 1 aliphatic carbocycles. The average Bonchev–Trinajstić information content (AvgIpc) is 2.90. The fraction of sp³-hybridized carbons (Fsp3) is 0.700. The lowest BCUT2D eigenvalue weighted by Gasteiger charge is -2.36. The molecule has 1 amide bonds. The van der Waals surface area contributed by atoms with Gasteiger partial charge in [-0.1, -0.05) is 19.3 Å². The third-order valence-electron chi connectivity index (χ3n) is 6.08. The van der Waals surface area contributed by atoms with Gasteiger partial charge in [0.25, 0.3) is 0 Å². The third-order valence-corrected chi connectivity index (χ3v) is 6.08. The van der Waals surface area contributed by atoms with Crippen LogP contribution < -0.4 is 0 Å². The smallest absolute Gasteiger partial charge is 0.225 e. The number of Topliss-reactive ketones (excluding diaryl/α,β-unsaturated/α-hetero) is 1. The standard InChI is InChI=1S/C20H31N3O2/c1-15-13-18(16(2)21(15)3)19(24)14-22-9-11-23(12-10-22)20(25)17-7-5-4-6-8-17/h13,17H,4-12,14H2,1-3H3. The second-order valence-electron chi connectivity index (χ2n) is 7.70. The molecule has 0 N–H and O–H groups in total. The van der Waals surface area contributed by atoms with Gasteiger partial charge in [0.05, 0.1) is 6.54 Å². The number of nitrogens with zero attached hydrogens (tertiary/aromatic N) is 3. The van der Waals surface area contributed by atoms with Crippen LogP contribution in [0, 0.1) is 19.8 Å². The van der Waals surface area contributed by atoms with E-state index in [0.29, 0.717) is 12.5 Å². The highest BCUT2D eigenvalue weighted by atomic mass is 16.2. The molecule has 5 heteroatoms. The Morgan fingerprint density at radius 2 is 1.68 bits per heavy atom. The summed E-state index contributed by atoms with van der Waals surface area (Å²) < 4.78 is 2.06. The van der Waals surface area contributed by atoms with E-state index in [0.717, 1.165) is 56.0 Å². The lowest BCUT2D eigenvalue weighted by molar-refractivity contribution is -0.138. The number of ketones is 1. The van der Waals surface area contributed by atoms with E-state index in [1.165, 1.54) is 19.3 Å². The molecule has 1 aromatic heterocycles. The zero-order valence-corrected chi connectivity index (χ0v) is 15.9. The van der Waals surface area contributed by atoms with Gasteiger partial charge in [-0.2, -0.15) is 0 Å². The lowest BCUT2D eigenvalue weighted by Crippen LogP contribution is -2.51. The summed E-state index contributed by atoms with van der Waals surface area (Å²) in [4.78, 5) is 29.5. The average molecular weight is 345 g/mol. The molecule has 0 bridgehead atoms. The highest BCUT2D eigenvalue weighted by Crippen LogP contribution is 2.26. The molecule has 0 aromatic carbocycles. The Bertz CT molecular complexity index is 636. The summed E-state index contributed by atoms with van der Waals surface area (Å²) in [6.45, 7) is 7.60. The maximum Gasteiger partial charge on any atom is 0.225 e. The molecule has 138 valence electrons. The maximum absolute atomic E-state index is 12.6. The van der Waals surface area contributed by atoms with E-state index in [4.69, 9.17) is 0 Å². The highest BCUT2D eigenvalue weighted by Gasteiger charge is 2.29. The summed E-state index contributed by atoms with van der Waals surface area (Å²) >= 11 is 0. The molecule has 2 aliphatic rings. The van der Waals surface area contributed by atoms with Crippen LogP contribution in [0.3, 0.4) is 0 Å². The minimum absolute atomic E-state index is 0.188. The molecule has 5 nitrogen and oxygen atoms in total. The Labute approximate surface area is 151 Å². The molecule has 25 heavy (non-hydrogen) atoms. The molecular weight excluding hydrogens is 314 g/mol. The van der Waals surface area contributed by atoms with Crippen LogP contribution in [0.1, 0.15) is 53.8 Å². The Morgan fingerprint density at radius 3 is 2.24 bits per heavy atom. The molecule has 2 fully saturated rings. The van der Waals surface area contributed by atoms with E-state index >= 15 is 0 Å². The van der Waals surface area contributed by atoms with Crippen molar-refractivity contribution >= 4 is 11.7 Å². The third kappa shape index (κ3) is 3.97. The van der Waals surface area contributed by atoms with Crippen LogP contribution in [0.15, 0.2) is 6.07 Å². The summed E-state index contributed by atoms with van der Waals surface area (Å²) in [6, 6.07) is 1.99. The summed E-state index contributed by atoms with van der Waals surface area (Å²) in [5, 5.41) is 0. The molecular formula is C20H31N3O2. The summed E-state index contributed by atoms with van der Waals surface area (Å²) in [7, 11) is 2.00. The molecule has 1 aliphatic heterocycles. The van der Waals surface area contributed by atoms with Crippen molar-refractivity contribution in [2.75, 3.05) is 32.7 Å². The van der Waals surface area contributed by atoms with E-state index in [1.54, 1.807) is 0 Å². The predicted octanol–water partition coefficient (Wildman–Crippen LogP) is 2.55. The normalized spacial score (nSPS) is 20.0. The van der Waals surface area contributed by atoms with Crippen molar-refractivity contribution < 1.29 is 9.59 Å². The summed E-state index contributed by atoms with van der Waals surface area (Å²) in [5.74, 6) is 0.783. The van der Waals surface area contributed by atoms with Gasteiger partial charge in [0.15, 0.2) is 5.78 Å². The highest BCUT2D eigenvalue weighted by molar-refractivity contribution is 5.99. The second kappa shape index (κ2) is 7.73. The van der Waals surface area contributed by atoms with Crippen LogP contribution >= 0.6 is 0 Å². The van der Waals surface area contributed by atoms with E-state index in [1.807, 2.05) is 31.9 Å². The second-order valence-corrected chi connectivity index (χ2v) is 7.70. The Kier molecular flexibility index (Phi) is 5.62. The summed E-state index contributed by atoms with van der Waals surface area (Å²) in [5.41, 5.74) is 2.98. The van der Waals surface area contributed by atoms with Gasteiger partial charge in [-0.3, -0.25) is 14.5 Å². The molecule has 2 heterocycles. The first-order valence-electron chi connectivity index (χ1n) is 9.64. The fourth-order valence-electron chi connectivity index (χ4n) is 4.16. The van der Waals surface area contributed by atoms with Crippen LogP contribution in [0.5, 0.6) is 0 Å². The molecule has 3 rings (SSSR count). The van der Waals surface area contributed by atoms with Crippen molar-refractivity contribution in [3.63, 3.8) is 0 Å². The van der Waals surface area contributed by atoms with Crippen molar-refractivity contribution in [3.8, 4) is 0 Å². The van der Waals surface area contributed by atoms with E-state index in [-0.39, 0.29) is 11.7 Å². The van der Waals surface area contributed by atoms with Gasteiger partial charge in [-0.25, -0.2) is 0 Å². The van der Waals surface area contributed by atoms with Gasteiger partial charge in [-0.15, -0.1) is 0 Å². The number of aryl methyl sites for hydroxylation is 1. The van der Waals surface area contributed by atoms with Crippen molar-refractivity contribution in [2.24, 2.45) is 13.0 Å². The molecule has 1 saturated heterocycles. The number of amides is 1. The van der Waals surface area contributed by atoms with Crippen molar-refractivity contribution in [1.29, 1.82) is 0 Å². The number of carbonyl (C=O) groups is 2. The number of piperazine rings is 1. The lowest BCUT2D eigenvalue weighted by atomic mass is 9.88. The molecule has 1 aromatic rings. The van der Waals surface area contributed by atoms with Gasteiger partial charge < -0.3 is 9.47 Å². The van der Waals surface area contributed by atoms with Crippen molar-refractivity contribution in [2.45, 2.75) is 46.0 Å². The Morgan fingerprint density at radius 1 is 1.04 bits per heavy atom. The zero-order chi connectivity index (χ0) is 18.0. The van der Waals surface area contributed by atoms with Gasteiger partial charge in [0, 0.05) is 56.1 Å². The number of aromatic nitrogens is 1. The van der Waals surface area contributed by atoms with Crippen molar-refractivity contribution in [3.05, 3.63) is 23.0 Å². The van der Waals surface area contributed by atoms with E-state index in [9.17, 15) is 9.59 Å². The predicted molar refractivity (Wildman–Crippen MR) is 98.8 cm³/mol. The number of rotatable bonds is 4. The molecule has 0 radical (unpaired) electrons. The first kappa shape index (κ1) is 18.2. The topological polar surface area (TPSA) is 45.6 Å². The SMILES string of the molecule is Cc1cc(C(=O)CN2CCN(C(=O)C3CCCCC3)CC2)c(C)n1C. The van der Waals surface area contributed by atoms with Gasteiger partial charge >= 0.3 is 0 Å². The van der Waals surface area contributed by atoms with Gasteiger partial charge in [-0.05, 0) is 32.8 Å². The van der Waals surface area contributed by atoms with E-state index < -0.39 is 0 Å². The molecule has 0 spiro atoms. The van der Waals surface area contributed by atoms with Gasteiger partial charge in [0.1, 0.15) is 0 Å². The zero-order valence-electron chi connectivity index (χ0n) is 15.9. The van der Waals surface area contributed by atoms with Crippen LogP contribution in [0.4, 0.5) is 0 Å². The summed E-state index contributed by atoms with van der Waals surface area (Å²) in [6.07, 6.45) is 5.79. The fourth-order valence-corrected chi connectivity index (χ4v) is 4.16. The Hall–Kier alpha value is -1.62. The molecule has 1 saturated carbocycles. The first-order valence-corrected chi connectivity index (χ1v) is 9.64.